The SMILES string of the molecule is CCc1cc(CC(C(=O)O)c2ccccc2F)n(CC)n1. The van der Waals surface area contributed by atoms with E-state index in [0.717, 1.165) is 17.8 Å². The molecule has 2 rings (SSSR count). The van der Waals surface area contributed by atoms with Gasteiger partial charge in [0.2, 0.25) is 0 Å². The third-order valence-corrected chi connectivity index (χ3v) is 3.57. The molecular weight excluding hydrogens is 271 g/mol. The van der Waals surface area contributed by atoms with Crippen molar-refractivity contribution in [2.75, 3.05) is 0 Å². The Bertz CT molecular complexity index is 637. The second kappa shape index (κ2) is 6.52. The molecule has 112 valence electrons. The lowest BCUT2D eigenvalue weighted by Gasteiger charge is -2.14. The Morgan fingerprint density at radius 2 is 2.10 bits per heavy atom. The Hall–Kier alpha value is -2.17. The van der Waals surface area contributed by atoms with Gasteiger partial charge in [-0.15, -0.1) is 0 Å². The highest BCUT2D eigenvalue weighted by molar-refractivity contribution is 5.76. The van der Waals surface area contributed by atoms with Crippen molar-refractivity contribution < 1.29 is 14.3 Å². The van der Waals surface area contributed by atoms with Gasteiger partial charge in [0.05, 0.1) is 11.6 Å². The molecule has 2 aromatic rings. The number of aromatic nitrogens is 2. The molecule has 1 N–H and O–H groups in total. The van der Waals surface area contributed by atoms with E-state index in [2.05, 4.69) is 5.10 Å². The van der Waals surface area contributed by atoms with Crippen LogP contribution >= 0.6 is 0 Å². The number of carbonyl (C=O) groups is 1. The lowest BCUT2D eigenvalue weighted by atomic mass is 9.93. The molecule has 0 aliphatic carbocycles. The second-order valence-electron chi connectivity index (χ2n) is 4.91. The minimum absolute atomic E-state index is 0.215. The molecule has 5 heteroatoms. The van der Waals surface area contributed by atoms with Gasteiger partial charge in [0.1, 0.15) is 5.82 Å². The van der Waals surface area contributed by atoms with Crippen molar-refractivity contribution in [1.82, 2.24) is 9.78 Å². The van der Waals surface area contributed by atoms with E-state index < -0.39 is 17.7 Å². The minimum atomic E-state index is -1.03. The largest absolute Gasteiger partial charge is 0.481 e. The van der Waals surface area contributed by atoms with Crippen LogP contribution in [0.4, 0.5) is 4.39 Å². The zero-order valence-electron chi connectivity index (χ0n) is 12.2. The first-order chi connectivity index (χ1) is 10.1. The van der Waals surface area contributed by atoms with Crippen LogP contribution in [-0.2, 0) is 24.2 Å². The molecule has 1 aromatic heterocycles. The number of rotatable bonds is 6. The summed E-state index contributed by atoms with van der Waals surface area (Å²) in [5, 5.41) is 13.8. The van der Waals surface area contributed by atoms with Gasteiger partial charge in [-0.1, -0.05) is 25.1 Å². The fraction of sp³-hybridized carbons (Fsp3) is 0.375. The monoisotopic (exact) mass is 290 g/mol. The van der Waals surface area contributed by atoms with E-state index in [1.165, 1.54) is 12.1 Å². The first-order valence-electron chi connectivity index (χ1n) is 7.09. The fourth-order valence-corrected chi connectivity index (χ4v) is 2.42. The molecule has 4 nitrogen and oxygen atoms in total. The maximum absolute atomic E-state index is 13.9. The molecule has 0 fully saturated rings. The Balaban J connectivity index is 2.35. The number of aliphatic carboxylic acids is 1. The quantitative estimate of drug-likeness (QED) is 0.889. The summed E-state index contributed by atoms with van der Waals surface area (Å²) in [5.41, 5.74) is 1.96. The zero-order chi connectivity index (χ0) is 15.4. The van der Waals surface area contributed by atoms with Gasteiger partial charge in [-0.3, -0.25) is 9.48 Å². The van der Waals surface area contributed by atoms with Crippen molar-refractivity contribution in [3.8, 4) is 0 Å². The molecule has 0 amide bonds. The third kappa shape index (κ3) is 3.29. The summed E-state index contributed by atoms with van der Waals surface area (Å²) in [6, 6.07) is 7.94. The van der Waals surface area contributed by atoms with E-state index in [-0.39, 0.29) is 12.0 Å². The van der Waals surface area contributed by atoms with Gasteiger partial charge in [0.15, 0.2) is 0 Å². The van der Waals surface area contributed by atoms with Crippen molar-refractivity contribution in [3.63, 3.8) is 0 Å². The number of carboxylic acid groups (broad SMARTS) is 1. The molecule has 1 aromatic carbocycles. The number of aryl methyl sites for hydroxylation is 2. The summed E-state index contributed by atoms with van der Waals surface area (Å²) >= 11 is 0. The standard InChI is InChI=1S/C16H19FN2O2/c1-3-11-9-12(19(4-2)18-11)10-14(16(20)21)13-7-5-6-8-15(13)17/h5-9,14H,3-4,10H2,1-2H3,(H,20,21). The molecular formula is C16H19FN2O2. The summed E-state index contributed by atoms with van der Waals surface area (Å²) in [7, 11) is 0. The van der Waals surface area contributed by atoms with Crippen LogP contribution in [-0.4, -0.2) is 20.9 Å². The zero-order valence-corrected chi connectivity index (χ0v) is 12.2. The minimum Gasteiger partial charge on any atom is -0.481 e. The third-order valence-electron chi connectivity index (χ3n) is 3.57. The van der Waals surface area contributed by atoms with Crippen molar-refractivity contribution in [3.05, 3.63) is 53.1 Å². The molecule has 0 bridgehead atoms. The maximum atomic E-state index is 13.9. The van der Waals surface area contributed by atoms with E-state index in [1.54, 1.807) is 16.8 Å². The Kier molecular flexibility index (Phi) is 4.73. The average Bonchev–Trinajstić information content (AvgIpc) is 2.87. The smallest absolute Gasteiger partial charge is 0.311 e. The Morgan fingerprint density at radius 3 is 2.67 bits per heavy atom. The van der Waals surface area contributed by atoms with Gasteiger partial charge < -0.3 is 5.11 Å². The van der Waals surface area contributed by atoms with Crippen molar-refractivity contribution in [2.45, 2.75) is 39.2 Å². The van der Waals surface area contributed by atoms with Crippen LogP contribution in [0.1, 0.15) is 36.7 Å². The normalized spacial score (nSPS) is 12.3. The number of nitrogens with zero attached hydrogens (tertiary/aromatic N) is 2. The van der Waals surface area contributed by atoms with E-state index in [1.807, 2.05) is 19.9 Å². The van der Waals surface area contributed by atoms with E-state index in [4.69, 9.17) is 0 Å². The highest BCUT2D eigenvalue weighted by Crippen LogP contribution is 2.24. The lowest BCUT2D eigenvalue weighted by Crippen LogP contribution is -2.18. The number of halogens is 1. The van der Waals surface area contributed by atoms with Gasteiger partial charge in [-0.2, -0.15) is 5.10 Å². The Morgan fingerprint density at radius 1 is 1.38 bits per heavy atom. The predicted octanol–water partition coefficient (Wildman–Crippen LogP) is 3.02. The molecule has 0 aliphatic heterocycles. The topological polar surface area (TPSA) is 55.1 Å². The predicted molar refractivity (Wildman–Crippen MR) is 77.8 cm³/mol. The van der Waals surface area contributed by atoms with E-state index in [0.29, 0.717) is 6.54 Å². The number of carboxylic acids is 1. The van der Waals surface area contributed by atoms with Crippen LogP contribution in [0, 0.1) is 5.82 Å². The van der Waals surface area contributed by atoms with Gasteiger partial charge in [-0.05, 0) is 25.5 Å². The first-order valence-corrected chi connectivity index (χ1v) is 7.09. The molecule has 1 atom stereocenters. The van der Waals surface area contributed by atoms with E-state index >= 15 is 0 Å². The first kappa shape index (κ1) is 15.2. The fourth-order valence-electron chi connectivity index (χ4n) is 2.42. The van der Waals surface area contributed by atoms with Gasteiger partial charge >= 0.3 is 5.97 Å². The van der Waals surface area contributed by atoms with Gasteiger partial charge in [-0.25, -0.2) is 4.39 Å². The van der Waals surface area contributed by atoms with Crippen LogP contribution in [0.5, 0.6) is 0 Å². The summed E-state index contributed by atoms with van der Waals surface area (Å²) < 4.78 is 15.7. The highest BCUT2D eigenvalue weighted by Gasteiger charge is 2.25. The molecule has 0 spiro atoms. The molecule has 1 heterocycles. The molecule has 0 saturated heterocycles. The molecule has 1 unspecified atom stereocenters. The Labute approximate surface area is 123 Å². The van der Waals surface area contributed by atoms with Crippen LogP contribution in [0.25, 0.3) is 0 Å². The van der Waals surface area contributed by atoms with Crippen LogP contribution in [0.3, 0.4) is 0 Å². The number of hydrogen-bond donors (Lipinski definition) is 1. The van der Waals surface area contributed by atoms with Gasteiger partial charge in [0.25, 0.3) is 0 Å². The molecule has 21 heavy (non-hydrogen) atoms. The molecule has 0 radical (unpaired) electrons. The van der Waals surface area contributed by atoms with Gasteiger partial charge in [0, 0.05) is 24.2 Å². The van der Waals surface area contributed by atoms with Crippen molar-refractivity contribution >= 4 is 5.97 Å². The van der Waals surface area contributed by atoms with Crippen molar-refractivity contribution in [1.29, 1.82) is 0 Å². The summed E-state index contributed by atoms with van der Waals surface area (Å²) in [4.78, 5) is 11.5. The average molecular weight is 290 g/mol. The summed E-state index contributed by atoms with van der Waals surface area (Å²) in [6.07, 6.45) is 1.02. The van der Waals surface area contributed by atoms with Crippen LogP contribution in [0.15, 0.2) is 30.3 Å². The molecule has 0 saturated carbocycles. The highest BCUT2D eigenvalue weighted by atomic mass is 19.1. The lowest BCUT2D eigenvalue weighted by molar-refractivity contribution is -0.138. The van der Waals surface area contributed by atoms with Crippen LogP contribution in [0.2, 0.25) is 0 Å². The summed E-state index contributed by atoms with van der Waals surface area (Å²) in [5.74, 6) is -2.41. The second-order valence-corrected chi connectivity index (χ2v) is 4.91. The van der Waals surface area contributed by atoms with Crippen molar-refractivity contribution in [2.24, 2.45) is 0 Å². The summed E-state index contributed by atoms with van der Waals surface area (Å²) in [6.45, 7) is 4.62. The number of benzene rings is 1. The molecule has 0 aliphatic rings. The van der Waals surface area contributed by atoms with E-state index in [9.17, 15) is 14.3 Å². The number of hydrogen-bond acceptors (Lipinski definition) is 2. The van der Waals surface area contributed by atoms with Crippen LogP contribution < -0.4 is 0 Å². The maximum Gasteiger partial charge on any atom is 0.311 e.